The van der Waals surface area contributed by atoms with Crippen LogP contribution in [0.4, 0.5) is 5.69 Å². The number of halogens is 1. The van der Waals surface area contributed by atoms with Gasteiger partial charge in [-0.2, -0.15) is 0 Å². The Bertz CT molecular complexity index is 1180. The van der Waals surface area contributed by atoms with Crippen LogP contribution >= 0.6 is 22.9 Å². The number of nitrogens with one attached hydrogen (secondary N) is 1. The molecule has 0 spiro atoms. The van der Waals surface area contributed by atoms with E-state index in [1.807, 2.05) is 6.92 Å². The highest BCUT2D eigenvalue weighted by Gasteiger charge is 2.26. The summed E-state index contributed by atoms with van der Waals surface area (Å²) in [6, 6.07) is 4.69. The van der Waals surface area contributed by atoms with Crippen molar-refractivity contribution in [2.24, 2.45) is 5.92 Å². The third kappa shape index (κ3) is 3.49. The molecule has 0 saturated carbocycles. The van der Waals surface area contributed by atoms with E-state index in [9.17, 15) is 9.59 Å². The smallest absolute Gasteiger partial charge is 0.263 e. The molecule has 3 aromatic rings. The molecule has 2 unspecified atom stereocenters. The van der Waals surface area contributed by atoms with Crippen molar-refractivity contribution in [1.82, 2.24) is 9.55 Å². The molecule has 4 rings (SSSR count). The molecule has 29 heavy (non-hydrogen) atoms. The SMILES string of the molecule is Cc1c(Cl)cccc1NC(=O)C(C)n1c(C)nc2sc3c(c2c1=O)CCC(C)C3. The number of carbonyl (C=O) groups is 1. The Kier molecular flexibility index (Phi) is 5.25. The second-order valence-electron chi connectivity index (χ2n) is 7.94. The van der Waals surface area contributed by atoms with Gasteiger partial charge < -0.3 is 5.32 Å². The first-order valence-corrected chi connectivity index (χ1v) is 11.1. The van der Waals surface area contributed by atoms with Crippen molar-refractivity contribution in [2.45, 2.75) is 53.0 Å². The predicted octanol–water partition coefficient (Wildman–Crippen LogP) is 5.05. The highest BCUT2D eigenvalue weighted by molar-refractivity contribution is 7.18. The van der Waals surface area contributed by atoms with E-state index in [0.29, 0.717) is 27.8 Å². The zero-order chi connectivity index (χ0) is 20.9. The third-order valence-corrected chi connectivity index (χ3v) is 7.39. The summed E-state index contributed by atoms with van der Waals surface area (Å²) in [6.45, 7) is 7.62. The summed E-state index contributed by atoms with van der Waals surface area (Å²) in [7, 11) is 0. The Morgan fingerprint density at radius 2 is 2.14 bits per heavy atom. The first-order chi connectivity index (χ1) is 13.8. The number of aromatic nitrogens is 2. The number of benzene rings is 1. The van der Waals surface area contributed by atoms with Crippen LogP contribution in [-0.4, -0.2) is 15.5 Å². The topological polar surface area (TPSA) is 64.0 Å². The molecule has 1 amide bonds. The van der Waals surface area contributed by atoms with Crippen molar-refractivity contribution in [3.63, 3.8) is 0 Å². The molecule has 1 aliphatic rings. The predicted molar refractivity (Wildman–Crippen MR) is 119 cm³/mol. The molecule has 0 radical (unpaired) electrons. The van der Waals surface area contributed by atoms with Crippen LogP contribution in [0.1, 0.15) is 48.1 Å². The molecule has 1 aliphatic carbocycles. The fourth-order valence-corrected chi connectivity index (χ4v) is 5.65. The van der Waals surface area contributed by atoms with E-state index in [-0.39, 0.29) is 11.5 Å². The molecule has 0 fully saturated rings. The van der Waals surface area contributed by atoms with Crippen LogP contribution in [0.15, 0.2) is 23.0 Å². The van der Waals surface area contributed by atoms with Crippen LogP contribution in [0.25, 0.3) is 10.2 Å². The van der Waals surface area contributed by atoms with Crippen LogP contribution in [0, 0.1) is 19.8 Å². The molecule has 0 bridgehead atoms. The van der Waals surface area contributed by atoms with Gasteiger partial charge in [-0.25, -0.2) is 4.98 Å². The number of anilines is 1. The van der Waals surface area contributed by atoms with E-state index in [1.165, 1.54) is 9.44 Å². The fraction of sp³-hybridized carbons (Fsp3) is 0.409. The summed E-state index contributed by atoms with van der Waals surface area (Å²) in [5, 5.41) is 4.19. The van der Waals surface area contributed by atoms with Crippen molar-refractivity contribution in [1.29, 1.82) is 0 Å². The minimum Gasteiger partial charge on any atom is -0.324 e. The Labute approximate surface area is 178 Å². The van der Waals surface area contributed by atoms with Crippen molar-refractivity contribution >= 4 is 44.7 Å². The Hall–Kier alpha value is -2.18. The maximum absolute atomic E-state index is 13.4. The Morgan fingerprint density at radius 3 is 2.90 bits per heavy atom. The number of carbonyl (C=O) groups excluding carboxylic acids is 1. The van der Waals surface area contributed by atoms with E-state index in [0.717, 1.165) is 35.2 Å². The molecule has 152 valence electrons. The van der Waals surface area contributed by atoms with Gasteiger partial charge in [0, 0.05) is 15.6 Å². The fourth-order valence-electron chi connectivity index (χ4n) is 4.06. The summed E-state index contributed by atoms with van der Waals surface area (Å²) in [5.41, 5.74) is 2.46. The van der Waals surface area contributed by atoms with Gasteiger partial charge in [-0.05, 0) is 69.2 Å². The van der Waals surface area contributed by atoms with Gasteiger partial charge in [-0.15, -0.1) is 11.3 Å². The van der Waals surface area contributed by atoms with Gasteiger partial charge in [0.2, 0.25) is 5.91 Å². The van der Waals surface area contributed by atoms with Gasteiger partial charge >= 0.3 is 0 Å². The number of thiophene rings is 1. The number of amides is 1. The quantitative estimate of drug-likeness (QED) is 0.633. The van der Waals surface area contributed by atoms with Gasteiger partial charge in [0.25, 0.3) is 5.56 Å². The molecule has 2 aromatic heterocycles. The van der Waals surface area contributed by atoms with Gasteiger partial charge in [0.05, 0.1) is 5.39 Å². The maximum Gasteiger partial charge on any atom is 0.263 e. The summed E-state index contributed by atoms with van der Waals surface area (Å²) >= 11 is 7.79. The lowest BCUT2D eigenvalue weighted by atomic mass is 9.89. The number of nitrogens with zero attached hydrogens (tertiary/aromatic N) is 2. The van der Waals surface area contributed by atoms with E-state index in [2.05, 4.69) is 17.2 Å². The lowest BCUT2D eigenvalue weighted by Gasteiger charge is -2.19. The minimum absolute atomic E-state index is 0.120. The number of fused-ring (bicyclic) bond motifs is 3. The van der Waals surface area contributed by atoms with Gasteiger partial charge in [0.15, 0.2) is 0 Å². The second kappa shape index (κ2) is 7.58. The van der Waals surface area contributed by atoms with E-state index >= 15 is 0 Å². The lowest BCUT2D eigenvalue weighted by Crippen LogP contribution is -2.34. The zero-order valence-electron chi connectivity index (χ0n) is 17.0. The molecule has 0 aliphatic heterocycles. The minimum atomic E-state index is -0.684. The average Bonchev–Trinajstić information content (AvgIpc) is 3.02. The van der Waals surface area contributed by atoms with Crippen molar-refractivity contribution in [3.05, 3.63) is 55.4 Å². The zero-order valence-corrected chi connectivity index (χ0v) is 18.6. The molecule has 1 aromatic carbocycles. The molecule has 0 saturated heterocycles. The van der Waals surface area contributed by atoms with Crippen molar-refractivity contribution in [3.8, 4) is 0 Å². The lowest BCUT2D eigenvalue weighted by molar-refractivity contribution is -0.118. The van der Waals surface area contributed by atoms with E-state index in [4.69, 9.17) is 11.6 Å². The Morgan fingerprint density at radius 1 is 1.38 bits per heavy atom. The number of hydrogen-bond donors (Lipinski definition) is 1. The van der Waals surface area contributed by atoms with Crippen molar-refractivity contribution < 1.29 is 4.79 Å². The first kappa shape index (κ1) is 20.1. The second-order valence-corrected chi connectivity index (χ2v) is 9.43. The highest BCUT2D eigenvalue weighted by Crippen LogP contribution is 2.36. The normalized spacial score (nSPS) is 17.2. The molecule has 1 N–H and O–H groups in total. The summed E-state index contributed by atoms with van der Waals surface area (Å²) in [5.74, 6) is 0.920. The summed E-state index contributed by atoms with van der Waals surface area (Å²) in [4.78, 5) is 33.1. The molecule has 5 nitrogen and oxygen atoms in total. The maximum atomic E-state index is 13.4. The highest BCUT2D eigenvalue weighted by atomic mass is 35.5. The summed E-state index contributed by atoms with van der Waals surface area (Å²) in [6.07, 6.45) is 2.98. The van der Waals surface area contributed by atoms with Crippen LogP contribution in [0.5, 0.6) is 0 Å². The van der Waals surface area contributed by atoms with E-state index < -0.39 is 6.04 Å². The largest absolute Gasteiger partial charge is 0.324 e. The number of aryl methyl sites for hydroxylation is 2. The third-order valence-electron chi connectivity index (χ3n) is 5.83. The van der Waals surface area contributed by atoms with E-state index in [1.54, 1.807) is 43.4 Å². The monoisotopic (exact) mass is 429 g/mol. The average molecular weight is 430 g/mol. The van der Waals surface area contributed by atoms with Crippen LogP contribution in [-0.2, 0) is 17.6 Å². The van der Waals surface area contributed by atoms with Crippen molar-refractivity contribution in [2.75, 3.05) is 5.32 Å². The summed E-state index contributed by atoms with van der Waals surface area (Å²) < 4.78 is 1.52. The Balaban J connectivity index is 1.74. The van der Waals surface area contributed by atoms with Gasteiger partial charge in [-0.1, -0.05) is 24.6 Å². The molecule has 7 heteroatoms. The number of hydrogen-bond acceptors (Lipinski definition) is 4. The van der Waals surface area contributed by atoms with Crippen LogP contribution in [0.3, 0.4) is 0 Å². The molecular formula is C22H24ClN3O2S. The number of rotatable bonds is 3. The van der Waals surface area contributed by atoms with Gasteiger partial charge in [-0.3, -0.25) is 14.2 Å². The molecular weight excluding hydrogens is 406 g/mol. The first-order valence-electron chi connectivity index (χ1n) is 9.87. The van der Waals surface area contributed by atoms with Crippen LogP contribution < -0.4 is 10.9 Å². The molecule has 2 heterocycles. The van der Waals surface area contributed by atoms with Crippen LogP contribution in [0.2, 0.25) is 5.02 Å². The molecule has 2 atom stereocenters. The standard InChI is InChI=1S/C22H24ClN3O2S/c1-11-8-9-15-18(10-11)29-21-19(15)22(28)26(14(4)24-21)13(3)20(27)25-17-7-5-6-16(23)12(17)2/h5-7,11,13H,8-10H2,1-4H3,(H,25,27). The van der Waals surface area contributed by atoms with Gasteiger partial charge in [0.1, 0.15) is 16.7 Å².